The van der Waals surface area contributed by atoms with Crippen molar-refractivity contribution in [2.24, 2.45) is 10.8 Å². The number of carbonyl (C=O) groups is 3. The van der Waals surface area contributed by atoms with Crippen molar-refractivity contribution in [3.63, 3.8) is 0 Å². The monoisotopic (exact) mass is 452 g/mol. The molecule has 1 atom stereocenters. The molecule has 184 valence electrons. The van der Waals surface area contributed by atoms with E-state index in [1.54, 1.807) is 0 Å². The average Bonchev–Trinajstić information content (AvgIpc) is 2.73. The molecule has 32 heavy (non-hydrogen) atoms. The molecule has 2 N–H and O–H groups in total. The van der Waals surface area contributed by atoms with E-state index in [4.69, 9.17) is 9.47 Å². The molecule has 2 saturated carbocycles. The summed E-state index contributed by atoms with van der Waals surface area (Å²) in [6, 6.07) is 0. The lowest BCUT2D eigenvalue weighted by Crippen LogP contribution is -2.53. The van der Waals surface area contributed by atoms with Gasteiger partial charge in [0.05, 0.1) is 18.6 Å². The van der Waals surface area contributed by atoms with E-state index in [-0.39, 0.29) is 17.3 Å². The zero-order chi connectivity index (χ0) is 23.7. The summed E-state index contributed by atoms with van der Waals surface area (Å²) in [6.07, 6.45) is 10.9. The standard InChI is InChI=1S/C25H44N2O5/c1-5-31-21(30)17-24(12-8-6-9-13-24)18-26-20(29)16-25(14-10-7-11-15-25)22(27-19-28)32-23(2,3)4/h19,22H,5-18H2,1-4H3,(H,26,29)(H,27,28). The molecule has 2 aliphatic carbocycles. The van der Waals surface area contributed by atoms with Gasteiger partial charge in [-0.25, -0.2) is 0 Å². The van der Waals surface area contributed by atoms with Crippen LogP contribution < -0.4 is 10.6 Å². The molecule has 1 unspecified atom stereocenters. The van der Waals surface area contributed by atoms with E-state index in [0.29, 0.717) is 32.4 Å². The van der Waals surface area contributed by atoms with Crippen LogP contribution in [-0.2, 0) is 23.9 Å². The third kappa shape index (κ3) is 8.05. The van der Waals surface area contributed by atoms with Gasteiger partial charge in [-0.15, -0.1) is 0 Å². The molecule has 2 aliphatic rings. The van der Waals surface area contributed by atoms with Crippen molar-refractivity contribution in [3.05, 3.63) is 0 Å². The minimum Gasteiger partial charge on any atom is -0.466 e. The first-order valence-corrected chi connectivity index (χ1v) is 12.4. The number of ether oxygens (including phenoxy) is 2. The van der Waals surface area contributed by atoms with Crippen molar-refractivity contribution in [3.8, 4) is 0 Å². The van der Waals surface area contributed by atoms with E-state index < -0.39 is 17.2 Å². The van der Waals surface area contributed by atoms with Crippen molar-refractivity contribution in [1.82, 2.24) is 10.6 Å². The van der Waals surface area contributed by atoms with Gasteiger partial charge in [-0.05, 0) is 58.8 Å². The van der Waals surface area contributed by atoms with Gasteiger partial charge >= 0.3 is 5.97 Å². The number of amides is 2. The van der Waals surface area contributed by atoms with Crippen LogP contribution in [0.25, 0.3) is 0 Å². The number of nitrogens with one attached hydrogen (secondary N) is 2. The first-order valence-electron chi connectivity index (χ1n) is 12.4. The molecule has 0 spiro atoms. The maximum atomic E-state index is 13.2. The maximum absolute atomic E-state index is 13.2. The zero-order valence-electron chi connectivity index (χ0n) is 20.6. The lowest BCUT2D eigenvalue weighted by Gasteiger charge is -2.45. The van der Waals surface area contributed by atoms with Crippen LogP contribution in [0.4, 0.5) is 0 Å². The molecule has 2 rings (SSSR count). The van der Waals surface area contributed by atoms with Crippen molar-refractivity contribution < 1.29 is 23.9 Å². The van der Waals surface area contributed by atoms with E-state index in [1.807, 2.05) is 27.7 Å². The Balaban J connectivity index is 2.09. The number of hydrogen-bond donors (Lipinski definition) is 2. The van der Waals surface area contributed by atoms with Crippen LogP contribution in [-0.4, -0.2) is 43.3 Å². The fraction of sp³-hybridized carbons (Fsp3) is 0.880. The largest absolute Gasteiger partial charge is 0.466 e. The van der Waals surface area contributed by atoms with E-state index in [1.165, 1.54) is 6.42 Å². The van der Waals surface area contributed by atoms with Gasteiger partial charge in [0, 0.05) is 18.4 Å². The highest BCUT2D eigenvalue weighted by Crippen LogP contribution is 2.44. The third-order valence-corrected chi connectivity index (χ3v) is 7.01. The summed E-state index contributed by atoms with van der Waals surface area (Å²) in [6.45, 7) is 8.58. The van der Waals surface area contributed by atoms with Gasteiger partial charge < -0.3 is 20.1 Å². The summed E-state index contributed by atoms with van der Waals surface area (Å²) < 4.78 is 11.4. The second-order valence-electron chi connectivity index (χ2n) is 10.8. The van der Waals surface area contributed by atoms with Gasteiger partial charge in [0.25, 0.3) is 0 Å². The Labute approximate surface area is 193 Å². The minimum atomic E-state index is -0.505. The van der Waals surface area contributed by atoms with Gasteiger partial charge in [0.1, 0.15) is 6.23 Å². The average molecular weight is 453 g/mol. The normalized spacial score (nSPS) is 21.2. The molecule has 0 saturated heterocycles. The van der Waals surface area contributed by atoms with Gasteiger partial charge in [-0.2, -0.15) is 0 Å². The van der Waals surface area contributed by atoms with Crippen LogP contribution in [0.2, 0.25) is 0 Å². The fourth-order valence-electron chi connectivity index (χ4n) is 5.44. The topological polar surface area (TPSA) is 93.7 Å². The van der Waals surface area contributed by atoms with Crippen LogP contribution in [0.1, 0.15) is 105 Å². The Kier molecular flexibility index (Phi) is 9.99. The first kappa shape index (κ1) is 26.6. The lowest BCUT2D eigenvalue weighted by atomic mass is 9.69. The third-order valence-electron chi connectivity index (χ3n) is 7.01. The summed E-state index contributed by atoms with van der Waals surface area (Å²) in [4.78, 5) is 36.8. The zero-order valence-corrected chi connectivity index (χ0v) is 20.6. The second kappa shape index (κ2) is 12.0. The fourth-order valence-corrected chi connectivity index (χ4v) is 5.44. The van der Waals surface area contributed by atoms with Crippen LogP contribution in [0.3, 0.4) is 0 Å². The molecule has 0 aromatic heterocycles. The molecule has 0 aliphatic heterocycles. The number of carbonyl (C=O) groups excluding carboxylic acids is 3. The second-order valence-corrected chi connectivity index (χ2v) is 10.8. The number of hydrogen-bond acceptors (Lipinski definition) is 5. The van der Waals surface area contributed by atoms with Crippen molar-refractivity contribution >= 4 is 18.3 Å². The summed E-state index contributed by atoms with van der Waals surface area (Å²) in [7, 11) is 0. The number of rotatable bonds is 11. The van der Waals surface area contributed by atoms with E-state index >= 15 is 0 Å². The predicted octanol–water partition coefficient (Wildman–Crippen LogP) is 4.23. The van der Waals surface area contributed by atoms with Gasteiger partial charge in [0.2, 0.25) is 12.3 Å². The highest BCUT2D eigenvalue weighted by atomic mass is 16.5. The molecule has 7 heteroatoms. The van der Waals surface area contributed by atoms with Crippen molar-refractivity contribution in [1.29, 1.82) is 0 Å². The molecule has 0 heterocycles. The molecular formula is C25H44N2O5. The quantitative estimate of drug-likeness (QED) is 0.278. The Hall–Kier alpha value is -1.63. The molecule has 0 bridgehead atoms. The Morgan fingerprint density at radius 3 is 2.09 bits per heavy atom. The molecule has 2 amide bonds. The predicted molar refractivity (Wildman–Crippen MR) is 124 cm³/mol. The van der Waals surface area contributed by atoms with Gasteiger partial charge in [-0.1, -0.05) is 38.5 Å². The molecule has 0 aromatic carbocycles. The molecular weight excluding hydrogens is 408 g/mol. The molecule has 0 aromatic rings. The van der Waals surface area contributed by atoms with Crippen molar-refractivity contribution in [2.75, 3.05) is 13.2 Å². The summed E-state index contributed by atoms with van der Waals surface area (Å²) >= 11 is 0. The summed E-state index contributed by atoms with van der Waals surface area (Å²) in [5.74, 6) is -0.211. The summed E-state index contributed by atoms with van der Waals surface area (Å²) in [5.41, 5.74) is -1.08. The lowest BCUT2D eigenvalue weighted by molar-refractivity contribution is -0.158. The highest BCUT2D eigenvalue weighted by Gasteiger charge is 2.44. The molecule has 7 nitrogen and oxygen atoms in total. The SMILES string of the molecule is CCOC(=O)CC1(CNC(=O)CC2(C(NC=O)OC(C)(C)C)CCCCC2)CCCCC1. The van der Waals surface area contributed by atoms with Crippen LogP contribution in [0.5, 0.6) is 0 Å². The van der Waals surface area contributed by atoms with Gasteiger partial charge in [0.15, 0.2) is 0 Å². The Bertz CT molecular complexity index is 616. The van der Waals surface area contributed by atoms with Crippen LogP contribution in [0.15, 0.2) is 0 Å². The minimum absolute atomic E-state index is 0.0316. The van der Waals surface area contributed by atoms with Crippen LogP contribution in [0, 0.1) is 10.8 Å². The Morgan fingerprint density at radius 1 is 0.969 bits per heavy atom. The molecule has 0 radical (unpaired) electrons. The maximum Gasteiger partial charge on any atom is 0.306 e. The summed E-state index contributed by atoms with van der Waals surface area (Å²) in [5, 5.41) is 6.02. The highest BCUT2D eigenvalue weighted by molar-refractivity contribution is 5.77. The van der Waals surface area contributed by atoms with E-state index in [0.717, 1.165) is 57.8 Å². The molecule has 2 fully saturated rings. The van der Waals surface area contributed by atoms with Crippen LogP contribution >= 0.6 is 0 Å². The van der Waals surface area contributed by atoms with Gasteiger partial charge in [-0.3, -0.25) is 14.4 Å². The smallest absolute Gasteiger partial charge is 0.306 e. The van der Waals surface area contributed by atoms with Crippen molar-refractivity contribution in [2.45, 2.75) is 117 Å². The van der Waals surface area contributed by atoms with E-state index in [9.17, 15) is 14.4 Å². The Morgan fingerprint density at radius 2 is 1.56 bits per heavy atom. The number of esters is 1. The van der Waals surface area contributed by atoms with E-state index in [2.05, 4.69) is 10.6 Å². The first-order chi connectivity index (χ1) is 15.1.